The normalized spacial score (nSPS) is 20.9. The second kappa shape index (κ2) is 8.91. The molecule has 4 rings (SSSR count). The van der Waals surface area contributed by atoms with Crippen LogP contribution in [0.25, 0.3) is 0 Å². The molecule has 0 bridgehead atoms. The number of nitrogens with zero attached hydrogens (tertiary/aromatic N) is 2. The number of thioether (sulfide) groups is 1. The van der Waals surface area contributed by atoms with Crippen LogP contribution in [0.5, 0.6) is 5.75 Å². The molecule has 1 aliphatic heterocycles. The van der Waals surface area contributed by atoms with Crippen molar-refractivity contribution in [3.05, 3.63) is 71.6 Å². The van der Waals surface area contributed by atoms with E-state index in [0.717, 1.165) is 34.7 Å². The summed E-state index contributed by atoms with van der Waals surface area (Å²) in [6, 6.07) is 17.9. The first-order chi connectivity index (χ1) is 14.9. The maximum absolute atomic E-state index is 14.2. The summed E-state index contributed by atoms with van der Waals surface area (Å²) in [7, 11) is 1.64. The number of hydrogen-bond acceptors (Lipinski definition) is 4. The summed E-state index contributed by atoms with van der Waals surface area (Å²) < 4.78 is 5.35. The quantitative estimate of drug-likeness (QED) is 0.538. The number of rotatable bonds is 5. The third-order valence-electron chi connectivity index (χ3n) is 6.44. The molecule has 2 aliphatic rings. The molecule has 1 heterocycles. The molecule has 1 unspecified atom stereocenters. The minimum Gasteiger partial charge on any atom is -0.497 e. The third kappa shape index (κ3) is 4.29. The number of amides is 1. The topological polar surface area (TPSA) is 41.9 Å². The van der Waals surface area contributed by atoms with Crippen molar-refractivity contribution in [1.82, 2.24) is 4.90 Å². The summed E-state index contributed by atoms with van der Waals surface area (Å²) in [5.74, 6) is 1.07. The molecule has 2 aromatic rings. The van der Waals surface area contributed by atoms with Crippen LogP contribution in [0.3, 0.4) is 0 Å². The van der Waals surface area contributed by atoms with Crippen LogP contribution in [0.1, 0.15) is 51.0 Å². The van der Waals surface area contributed by atoms with E-state index in [-0.39, 0.29) is 11.8 Å². The van der Waals surface area contributed by atoms with Gasteiger partial charge in [-0.3, -0.25) is 9.69 Å². The Morgan fingerprint density at radius 2 is 1.87 bits per heavy atom. The van der Waals surface area contributed by atoms with E-state index in [9.17, 15) is 4.79 Å². The Balaban J connectivity index is 1.76. The van der Waals surface area contributed by atoms with Crippen LogP contribution in [-0.4, -0.2) is 28.6 Å². The summed E-state index contributed by atoms with van der Waals surface area (Å²) in [6.45, 7) is 8.38. The molecule has 0 N–H and O–H groups in total. The number of hydrogen-bond donors (Lipinski definition) is 0. The second-order valence-corrected chi connectivity index (χ2v) is 9.85. The summed E-state index contributed by atoms with van der Waals surface area (Å²) in [6.07, 6.45) is 4.57. The average Bonchev–Trinajstić information content (AvgIpc) is 3.35. The van der Waals surface area contributed by atoms with Gasteiger partial charge in [0.2, 0.25) is 5.91 Å². The highest BCUT2D eigenvalue weighted by Crippen LogP contribution is 2.47. The van der Waals surface area contributed by atoms with E-state index in [2.05, 4.69) is 32.6 Å². The average molecular weight is 435 g/mol. The monoisotopic (exact) mass is 434 g/mol. The fourth-order valence-electron chi connectivity index (χ4n) is 4.58. The second-order valence-electron chi connectivity index (χ2n) is 8.79. The van der Waals surface area contributed by atoms with Crippen molar-refractivity contribution in [2.75, 3.05) is 7.11 Å². The molecule has 1 atom stereocenters. The van der Waals surface area contributed by atoms with Crippen LogP contribution >= 0.6 is 11.8 Å². The van der Waals surface area contributed by atoms with Crippen molar-refractivity contribution in [1.29, 1.82) is 0 Å². The Labute approximate surface area is 189 Å². The summed E-state index contributed by atoms with van der Waals surface area (Å²) in [5.41, 5.74) is 1.35. The van der Waals surface area contributed by atoms with Gasteiger partial charge in [0.1, 0.15) is 5.75 Å². The van der Waals surface area contributed by atoms with Gasteiger partial charge in [-0.1, -0.05) is 67.6 Å². The van der Waals surface area contributed by atoms with Crippen LogP contribution in [0, 0.1) is 5.92 Å². The Morgan fingerprint density at radius 1 is 1.16 bits per heavy atom. The standard InChI is InChI=1S/C26H30N2O2S/c1-18-26(2,3)28(25(31-18)27-21-15-10-16-22(17-21)30-4)24(29)23(20-13-8-9-14-20)19-11-6-5-7-12-19/h5-7,10-12,15-17,20,23H,1,8-9,13-14H2,2-4H3. The predicted molar refractivity (Wildman–Crippen MR) is 129 cm³/mol. The molecule has 0 aromatic heterocycles. The highest BCUT2D eigenvalue weighted by molar-refractivity contribution is 8.17. The van der Waals surface area contributed by atoms with Crippen molar-refractivity contribution < 1.29 is 9.53 Å². The number of ether oxygens (including phenoxy) is 1. The Bertz CT molecular complexity index is 993. The van der Waals surface area contributed by atoms with E-state index in [4.69, 9.17) is 9.73 Å². The van der Waals surface area contributed by atoms with Gasteiger partial charge in [0.15, 0.2) is 5.17 Å². The van der Waals surface area contributed by atoms with Gasteiger partial charge in [-0.25, -0.2) is 4.99 Å². The predicted octanol–water partition coefficient (Wildman–Crippen LogP) is 6.52. The van der Waals surface area contributed by atoms with Crippen molar-refractivity contribution in [2.24, 2.45) is 10.9 Å². The maximum Gasteiger partial charge on any atom is 0.237 e. The maximum atomic E-state index is 14.2. The van der Waals surface area contributed by atoms with E-state index in [1.54, 1.807) is 7.11 Å². The van der Waals surface area contributed by atoms with Gasteiger partial charge in [0.25, 0.3) is 0 Å². The summed E-state index contributed by atoms with van der Waals surface area (Å²) in [5, 5.41) is 0.687. The van der Waals surface area contributed by atoms with E-state index < -0.39 is 5.54 Å². The molecular weight excluding hydrogens is 404 g/mol. The fraction of sp³-hybridized carbons (Fsp3) is 0.385. The molecule has 1 saturated heterocycles. The van der Waals surface area contributed by atoms with Gasteiger partial charge in [-0.2, -0.15) is 0 Å². The molecule has 162 valence electrons. The Kier molecular flexibility index (Phi) is 6.24. The molecule has 4 nitrogen and oxygen atoms in total. The lowest BCUT2D eigenvalue weighted by molar-refractivity contribution is -0.132. The van der Waals surface area contributed by atoms with E-state index in [1.165, 1.54) is 24.6 Å². The molecule has 2 aromatic carbocycles. The molecule has 1 aliphatic carbocycles. The molecule has 1 amide bonds. The van der Waals surface area contributed by atoms with Gasteiger partial charge in [0, 0.05) is 11.0 Å². The zero-order valence-electron chi connectivity index (χ0n) is 18.5. The Morgan fingerprint density at radius 3 is 2.55 bits per heavy atom. The SMILES string of the molecule is C=C1SC(=Nc2cccc(OC)c2)N(C(=O)C(c2ccccc2)C2CCCC2)C1(C)C. The first kappa shape index (κ1) is 21.7. The van der Waals surface area contributed by atoms with Crippen LogP contribution < -0.4 is 4.74 Å². The third-order valence-corrected chi connectivity index (χ3v) is 7.64. The van der Waals surface area contributed by atoms with E-state index in [0.29, 0.717) is 11.1 Å². The van der Waals surface area contributed by atoms with Gasteiger partial charge in [0.05, 0.1) is 24.3 Å². The molecule has 5 heteroatoms. The minimum atomic E-state index is -0.509. The zero-order chi connectivity index (χ0) is 22.0. The highest BCUT2D eigenvalue weighted by Gasteiger charge is 2.48. The van der Waals surface area contributed by atoms with Gasteiger partial charge in [-0.15, -0.1) is 0 Å². The highest BCUT2D eigenvalue weighted by atomic mass is 32.2. The first-order valence-electron chi connectivity index (χ1n) is 10.9. The summed E-state index contributed by atoms with van der Waals surface area (Å²) >= 11 is 1.49. The van der Waals surface area contributed by atoms with E-state index >= 15 is 0 Å². The van der Waals surface area contributed by atoms with Gasteiger partial charge >= 0.3 is 0 Å². The van der Waals surface area contributed by atoms with Crippen LogP contribution in [0.2, 0.25) is 0 Å². The number of aliphatic imine (C=N–C) groups is 1. The number of benzene rings is 2. The largest absolute Gasteiger partial charge is 0.497 e. The van der Waals surface area contributed by atoms with Gasteiger partial charge < -0.3 is 4.74 Å². The van der Waals surface area contributed by atoms with Crippen molar-refractivity contribution in [3.8, 4) is 5.75 Å². The zero-order valence-corrected chi connectivity index (χ0v) is 19.3. The van der Waals surface area contributed by atoms with Crippen molar-refractivity contribution >= 4 is 28.5 Å². The summed E-state index contributed by atoms with van der Waals surface area (Å²) in [4.78, 5) is 21.9. The number of amidine groups is 1. The number of methoxy groups -OCH3 is 1. The minimum absolute atomic E-state index is 0.121. The number of carbonyl (C=O) groups excluding carboxylic acids is 1. The van der Waals surface area contributed by atoms with Crippen molar-refractivity contribution in [2.45, 2.75) is 51.0 Å². The lowest BCUT2D eigenvalue weighted by atomic mass is 9.83. The fourth-order valence-corrected chi connectivity index (χ4v) is 5.71. The molecule has 1 saturated carbocycles. The molecule has 0 radical (unpaired) electrons. The lowest BCUT2D eigenvalue weighted by Crippen LogP contribution is -2.48. The van der Waals surface area contributed by atoms with Gasteiger partial charge in [-0.05, 0) is 50.3 Å². The smallest absolute Gasteiger partial charge is 0.237 e. The lowest BCUT2D eigenvalue weighted by Gasteiger charge is -2.35. The Hall–Kier alpha value is -2.53. The van der Waals surface area contributed by atoms with Crippen LogP contribution in [0.15, 0.2) is 71.1 Å². The van der Waals surface area contributed by atoms with Crippen LogP contribution in [0.4, 0.5) is 5.69 Å². The molecular formula is C26H30N2O2S. The van der Waals surface area contributed by atoms with Crippen LogP contribution in [-0.2, 0) is 4.79 Å². The first-order valence-corrected chi connectivity index (χ1v) is 11.7. The van der Waals surface area contributed by atoms with Crippen molar-refractivity contribution in [3.63, 3.8) is 0 Å². The number of carbonyl (C=O) groups is 1. The molecule has 31 heavy (non-hydrogen) atoms. The molecule has 0 spiro atoms. The van der Waals surface area contributed by atoms with E-state index in [1.807, 2.05) is 47.4 Å². The molecule has 2 fully saturated rings.